The summed E-state index contributed by atoms with van der Waals surface area (Å²) in [5.41, 5.74) is 0.843. The highest BCUT2D eigenvalue weighted by atomic mass is 35.5. The van der Waals surface area contributed by atoms with Crippen molar-refractivity contribution >= 4 is 63.3 Å². The number of ether oxygens (including phenoxy) is 1. The molecule has 1 aromatic heterocycles. The fourth-order valence-corrected chi connectivity index (χ4v) is 4.18. The largest absolute Gasteiger partial charge is 0.495 e. The Bertz CT molecular complexity index is 1190. The summed E-state index contributed by atoms with van der Waals surface area (Å²) in [6.07, 6.45) is 0. The smallest absolute Gasteiger partial charge is 0.282 e. The maximum atomic E-state index is 13.6. The summed E-state index contributed by atoms with van der Waals surface area (Å²) in [5, 5.41) is 5.04. The second-order valence-corrected chi connectivity index (χ2v) is 8.03. The van der Waals surface area contributed by atoms with Crippen molar-refractivity contribution in [2.45, 2.75) is 0 Å². The molecule has 9 heteroatoms. The summed E-state index contributed by atoms with van der Waals surface area (Å²) < 4.78 is 18.9. The topological polar surface area (TPSA) is 58.6 Å². The highest BCUT2D eigenvalue weighted by Gasteiger charge is 2.41. The number of nitrogens with zero attached hydrogens (tertiary/aromatic N) is 1. The minimum atomic E-state index is -0.645. The van der Waals surface area contributed by atoms with Crippen LogP contribution in [0.1, 0.15) is 4.88 Å². The van der Waals surface area contributed by atoms with E-state index in [0.29, 0.717) is 21.3 Å². The van der Waals surface area contributed by atoms with Gasteiger partial charge in [0, 0.05) is 9.90 Å². The quantitative estimate of drug-likeness (QED) is 0.501. The Labute approximate surface area is 185 Å². The molecule has 0 aliphatic carbocycles. The molecule has 0 fully saturated rings. The molecule has 2 heterocycles. The summed E-state index contributed by atoms with van der Waals surface area (Å²) >= 11 is 13.3. The summed E-state index contributed by atoms with van der Waals surface area (Å²) in [7, 11) is 1.48. The van der Waals surface area contributed by atoms with E-state index in [4.69, 9.17) is 27.9 Å². The van der Waals surface area contributed by atoms with Gasteiger partial charge in [-0.1, -0.05) is 29.3 Å². The predicted molar refractivity (Wildman–Crippen MR) is 117 cm³/mol. The Kier molecular flexibility index (Phi) is 5.51. The normalized spacial score (nSPS) is 13.9. The lowest BCUT2D eigenvalue weighted by molar-refractivity contribution is -0.120. The lowest BCUT2D eigenvalue weighted by atomic mass is 10.1. The van der Waals surface area contributed by atoms with Crippen LogP contribution in [-0.2, 0) is 9.59 Å². The number of halogens is 3. The van der Waals surface area contributed by atoms with Gasteiger partial charge in [-0.3, -0.25) is 9.59 Å². The van der Waals surface area contributed by atoms with Gasteiger partial charge in [0.15, 0.2) is 0 Å². The Morgan fingerprint density at radius 3 is 2.53 bits per heavy atom. The van der Waals surface area contributed by atoms with Crippen molar-refractivity contribution in [2.24, 2.45) is 0 Å². The Morgan fingerprint density at radius 2 is 1.87 bits per heavy atom. The van der Waals surface area contributed by atoms with Crippen molar-refractivity contribution in [1.82, 2.24) is 0 Å². The highest BCUT2D eigenvalue weighted by Crippen LogP contribution is 2.38. The van der Waals surface area contributed by atoms with Gasteiger partial charge >= 0.3 is 0 Å². The number of rotatable bonds is 5. The van der Waals surface area contributed by atoms with Crippen LogP contribution in [0.4, 0.5) is 15.8 Å². The first kappa shape index (κ1) is 20.4. The Hall–Kier alpha value is -2.87. The Balaban J connectivity index is 1.83. The summed E-state index contributed by atoms with van der Waals surface area (Å²) in [4.78, 5) is 28.1. The van der Waals surface area contributed by atoms with Crippen molar-refractivity contribution in [3.05, 3.63) is 80.3 Å². The lowest BCUT2D eigenvalue weighted by Crippen LogP contribution is -2.32. The Morgan fingerprint density at radius 1 is 1.07 bits per heavy atom. The van der Waals surface area contributed by atoms with E-state index < -0.39 is 17.6 Å². The first-order valence-corrected chi connectivity index (χ1v) is 10.3. The third-order valence-electron chi connectivity index (χ3n) is 4.43. The third-order valence-corrected chi connectivity index (χ3v) is 5.85. The molecule has 0 spiro atoms. The molecular formula is C21H13Cl2FN2O3S. The molecule has 0 bridgehead atoms. The molecule has 4 rings (SSSR count). The van der Waals surface area contributed by atoms with Crippen molar-refractivity contribution in [3.8, 4) is 5.75 Å². The SMILES string of the molecule is COc1ccc(Cl)cc1NC1=C(c2cccs2)C(=O)N(c2ccc(F)c(Cl)c2)C1=O. The molecule has 0 atom stereocenters. The third kappa shape index (κ3) is 3.56. The number of imide groups is 1. The molecule has 1 aliphatic rings. The van der Waals surface area contributed by atoms with Crippen LogP contribution in [-0.4, -0.2) is 18.9 Å². The van der Waals surface area contributed by atoms with Crippen LogP contribution < -0.4 is 15.0 Å². The number of amides is 2. The van der Waals surface area contributed by atoms with E-state index in [1.807, 2.05) is 0 Å². The number of benzene rings is 2. The maximum absolute atomic E-state index is 13.6. The van der Waals surface area contributed by atoms with Crippen molar-refractivity contribution in [3.63, 3.8) is 0 Å². The number of hydrogen-bond donors (Lipinski definition) is 1. The molecule has 1 aliphatic heterocycles. The molecule has 0 saturated heterocycles. The predicted octanol–water partition coefficient (Wildman–Crippen LogP) is 5.60. The van der Waals surface area contributed by atoms with E-state index in [1.54, 1.807) is 35.7 Å². The second kappa shape index (κ2) is 8.10. The van der Waals surface area contributed by atoms with Crippen LogP contribution in [0, 0.1) is 5.82 Å². The van der Waals surface area contributed by atoms with E-state index >= 15 is 0 Å². The second-order valence-electron chi connectivity index (χ2n) is 6.24. The van der Waals surface area contributed by atoms with Gasteiger partial charge in [-0.2, -0.15) is 0 Å². The number of thiophene rings is 1. The van der Waals surface area contributed by atoms with Crippen molar-refractivity contribution in [1.29, 1.82) is 0 Å². The summed E-state index contributed by atoms with van der Waals surface area (Å²) in [6.45, 7) is 0. The summed E-state index contributed by atoms with van der Waals surface area (Å²) in [5.74, 6) is -1.35. The van der Waals surface area contributed by atoms with E-state index in [9.17, 15) is 14.0 Å². The number of methoxy groups -OCH3 is 1. The standard InChI is InChI=1S/C21H13Cl2FN2O3S/c1-29-16-7-4-11(22)9-15(16)25-19-18(17-3-2-8-30-17)20(27)26(21(19)28)12-5-6-14(24)13(23)10-12/h2-10,25H,1H3. The van der Waals surface area contributed by atoms with Crippen LogP contribution in [0.15, 0.2) is 59.6 Å². The van der Waals surface area contributed by atoms with Gasteiger partial charge in [0.05, 0.1) is 29.1 Å². The van der Waals surface area contributed by atoms with Crippen molar-refractivity contribution in [2.75, 3.05) is 17.3 Å². The molecule has 0 saturated carbocycles. The summed E-state index contributed by atoms with van der Waals surface area (Å²) in [6, 6.07) is 12.1. The lowest BCUT2D eigenvalue weighted by Gasteiger charge is -2.16. The molecule has 2 aromatic carbocycles. The molecule has 3 aromatic rings. The van der Waals surface area contributed by atoms with Gasteiger partial charge in [0.1, 0.15) is 17.3 Å². The van der Waals surface area contributed by atoms with Gasteiger partial charge in [0.2, 0.25) is 0 Å². The minimum absolute atomic E-state index is 0.0588. The molecule has 1 N–H and O–H groups in total. The number of anilines is 2. The van der Waals surface area contributed by atoms with E-state index in [0.717, 1.165) is 11.0 Å². The zero-order valence-corrected chi connectivity index (χ0v) is 17.7. The molecule has 0 unspecified atom stereocenters. The molecule has 2 amide bonds. The zero-order chi connectivity index (χ0) is 21.4. The van der Waals surface area contributed by atoms with Gasteiger partial charge in [-0.15, -0.1) is 11.3 Å². The van der Waals surface area contributed by atoms with Crippen LogP contribution in [0.25, 0.3) is 5.57 Å². The molecule has 30 heavy (non-hydrogen) atoms. The average molecular weight is 463 g/mol. The minimum Gasteiger partial charge on any atom is -0.495 e. The first-order valence-electron chi connectivity index (χ1n) is 8.63. The van der Waals surface area contributed by atoms with Crippen LogP contribution in [0.3, 0.4) is 0 Å². The average Bonchev–Trinajstić information content (AvgIpc) is 3.32. The van der Waals surface area contributed by atoms with Crippen LogP contribution in [0.2, 0.25) is 10.0 Å². The number of hydrogen-bond acceptors (Lipinski definition) is 5. The van der Waals surface area contributed by atoms with Gasteiger partial charge < -0.3 is 10.1 Å². The zero-order valence-electron chi connectivity index (χ0n) is 15.4. The van der Waals surface area contributed by atoms with Crippen LogP contribution in [0.5, 0.6) is 5.75 Å². The van der Waals surface area contributed by atoms with Crippen LogP contribution >= 0.6 is 34.5 Å². The molecule has 0 radical (unpaired) electrons. The van der Waals surface area contributed by atoms with Crippen molar-refractivity contribution < 1.29 is 18.7 Å². The first-order chi connectivity index (χ1) is 14.4. The van der Waals surface area contributed by atoms with E-state index in [-0.39, 0.29) is 22.0 Å². The molecule has 5 nitrogen and oxygen atoms in total. The highest BCUT2D eigenvalue weighted by molar-refractivity contribution is 7.11. The fourth-order valence-electron chi connectivity index (χ4n) is 3.07. The number of carbonyl (C=O) groups excluding carboxylic acids is 2. The van der Waals surface area contributed by atoms with Gasteiger partial charge in [-0.05, 0) is 47.8 Å². The number of carbonyl (C=O) groups is 2. The molecular weight excluding hydrogens is 450 g/mol. The number of nitrogens with one attached hydrogen (secondary N) is 1. The van der Waals surface area contributed by atoms with Gasteiger partial charge in [0.25, 0.3) is 11.8 Å². The molecule has 152 valence electrons. The van der Waals surface area contributed by atoms with E-state index in [2.05, 4.69) is 5.32 Å². The fraction of sp³-hybridized carbons (Fsp3) is 0.0476. The maximum Gasteiger partial charge on any atom is 0.282 e. The van der Waals surface area contributed by atoms with Gasteiger partial charge in [-0.25, -0.2) is 9.29 Å². The monoisotopic (exact) mass is 462 g/mol. The van der Waals surface area contributed by atoms with E-state index in [1.165, 1.54) is 30.6 Å².